The number of hydrogen-bond acceptors (Lipinski definition) is 5. The minimum atomic E-state index is -0.535. The number of para-hydroxylation sites is 3. The number of nitrogens with zero attached hydrogens (tertiary/aromatic N) is 1. The number of carbonyl (C=O) groups excluding carboxylic acids is 3. The number of hydrogen-bond donors (Lipinski definition) is 1. The molecule has 1 atom stereocenters. The molecule has 0 aromatic heterocycles. The maximum atomic E-state index is 12.7. The average Bonchev–Trinajstić information content (AvgIpc) is 3.10. The fraction of sp³-hybridized carbons (Fsp3) is 0.286. The minimum absolute atomic E-state index is 0.0676. The Balaban J connectivity index is 1.77. The van der Waals surface area contributed by atoms with Crippen LogP contribution in [0.2, 0.25) is 0 Å². The van der Waals surface area contributed by atoms with Crippen molar-refractivity contribution in [3.05, 3.63) is 54.1 Å². The standard InChI is InChI=1S/C21H22N2O5/c1-3-28-21(26)15-8-4-6-10-17(15)23-13-14(12-19(23)24)20(25)22-16-9-5-7-11-18(16)27-2/h4-11,14H,3,12-13H2,1-2H3,(H,22,25). The Hall–Kier alpha value is -3.35. The lowest BCUT2D eigenvalue weighted by atomic mass is 10.1. The summed E-state index contributed by atoms with van der Waals surface area (Å²) in [5, 5.41) is 2.82. The third-order valence-corrected chi connectivity index (χ3v) is 4.55. The fourth-order valence-corrected chi connectivity index (χ4v) is 3.19. The van der Waals surface area contributed by atoms with Crippen LogP contribution in [0.15, 0.2) is 48.5 Å². The SMILES string of the molecule is CCOC(=O)c1ccccc1N1CC(C(=O)Nc2ccccc2OC)CC1=O. The predicted molar refractivity (Wildman–Crippen MR) is 104 cm³/mol. The average molecular weight is 382 g/mol. The Morgan fingerprint density at radius 1 is 1.14 bits per heavy atom. The summed E-state index contributed by atoms with van der Waals surface area (Å²) < 4.78 is 10.3. The van der Waals surface area contributed by atoms with Gasteiger partial charge < -0.3 is 19.7 Å². The second kappa shape index (κ2) is 8.56. The molecule has 7 heteroatoms. The van der Waals surface area contributed by atoms with Gasteiger partial charge >= 0.3 is 5.97 Å². The van der Waals surface area contributed by atoms with Crippen molar-refractivity contribution >= 4 is 29.2 Å². The van der Waals surface area contributed by atoms with E-state index in [-0.39, 0.29) is 31.4 Å². The zero-order valence-electron chi connectivity index (χ0n) is 15.8. The first-order valence-electron chi connectivity index (χ1n) is 9.05. The van der Waals surface area contributed by atoms with Crippen LogP contribution in [-0.4, -0.2) is 38.0 Å². The number of ether oxygens (including phenoxy) is 2. The zero-order valence-corrected chi connectivity index (χ0v) is 15.8. The largest absolute Gasteiger partial charge is 0.495 e. The summed E-state index contributed by atoms with van der Waals surface area (Å²) in [7, 11) is 1.53. The Labute approximate surface area is 163 Å². The monoisotopic (exact) mass is 382 g/mol. The number of carbonyl (C=O) groups is 3. The Morgan fingerprint density at radius 2 is 1.86 bits per heavy atom. The lowest BCUT2D eigenvalue weighted by Gasteiger charge is -2.19. The molecule has 1 saturated heterocycles. The van der Waals surface area contributed by atoms with Gasteiger partial charge in [0.2, 0.25) is 11.8 Å². The van der Waals surface area contributed by atoms with E-state index >= 15 is 0 Å². The van der Waals surface area contributed by atoms with Gasteiger partial charge in [-0.15, -0.1) is 0 Å². The molecule has 146 valence electrons. The van der Waals surface area contributed by atoms with Crippen LogP contribution < -0.4 is 15.0 Å². The van der Waals surface area contributed by atoms with E-state index in [1.807, 2.05) is 6.07 Å². The molecule has 0 spiro atoms. The van der Waals surface area contributed by atoms with Gasteiger partial charge in [0.05, 0.1) is 36.6 Å². The molecule has 1 aliphatic heterocycles. The van der Waals surface area contributed by atoms with Crippen LogP contribution in [0.1, 0.15) is 23.7 Å². The lowest BCUT2D eigenvalue weighted by molar-refractivity contribution is -0.122. The van der Waals surface area contributed by atoms with Gasteiger partial charge in [-0.1, -0.05) is 24.3 Å². The molecule has 0 bridgehead atoms. The van der Waals surface area contributed by atoms with Crippen molar-refractivity contribution in [2.45, 2.75) is 13.3 Å². The molecule has 1 heterocycles. The molecule has 28 heavy (non-hydrogen) atoms. The van der Waals surface area contributed by atoms with Crippen molar-refractivity contribution in [1.82, 2.24) is 0 Å². The second-order valence-electron chi connectivity index (χ2n) is 6.33. The lowest BCUT2D eigenvalue weighted by Crippen LogP contribution is -2.29. The molecule has 1 unspecified atom stereocenters. The van der Waals surface area contributed by atoms with Crippen LogP contribution in [0.25, 0.3) is 0 Å². The number of rotatable bonds is 6. The van der Waals surface area contributed by atoms with Crippen molar-refractivity contribution in [2.24, 2.45) is 5.92 Å². The molecule has 0 aliphatic carbocycles. The molecule has 1 fully saturated rings. The molecule has 0 radical (unpaired) electrons. The zero-order chi connectivity index (χ0) is 20.1. The Bertz CT molecular complexity index is 896. The molecule has 3 rings (SSSR count). The van der Waals surface area contributed by atoms with Crippen molar-refractivity contribution in [3.63, 3.8) is 0 Å². The molecular weight excluding hydrogens is 360 g/mol. The van der Waals surface area contributed by atoms with Gasteiger partial charge in [0.15, 0.2) is 0 Å². The highest BCUT2D eigenvalue weighted by Crippen LogP contribution is 2.30. The van der Waals surface area contributed by atoms with Crippen molar-refractivity contribution in [1.29, 1.82) is 0 Å². The Kier molecular flexibility index (Phi) is 5.93. The molecular formula is C21H22N2O5. The van der Waals surface area contributed by atoms with Crippen LogP contribution in [0.3, 0.4) is 0 Å². The van der Waals surface area contributed by atoms with E-state index in [1.54, 1.807) is 49.4 Å². The van der Waals surface area contributed by atoms with Crippen molar-refractivity contribution < 1.29 is 23.9 Å². The van der Waals surface area contributed by atoms with Crippen molar-refractivity contribution in [2.75, 3.05) is 30.5 Å². The third kappa shape index (κ3) is 3.98. The predicted octanol–water partition coefficient (Wildman–Crippen LogP) is 2.86. The van der Waals surface area contributed by atoms with Crippen LogP contribution >= 0.6 is 0 Å². The number of nitrogens with one attached hydrogen (secondary N) is 1. The van der Waals surface area contributed by atoms with Gasteiger partial charge in [-0.05, 0) is 31.2 Å². The molecule has 1 N–H and O–H groups in total. The first-order chi connectivity index (χ1) is 13.5. The van der Waals surface area contributed by atoms with Crippen LogP contribution in [0.4, 0.5) is 11.4 Å². The van der Waals surface area contributed by atoms with E-state index in [1.165, 1.54) is 12.0 Å². The fourth-order valence-electron chi connectivity index (χ4n) is 3.19. The summed E-state index contributed by atoms with van der Waals surface area (Å²) in [5.41, 5.74) is 1.31. The summed E-state index contributed by atoms with van der Waals surface area (Å²) >= 11 is 0. The number of methoxy groups -OCH3 is 1. The second-order valence-corrected chi connectivity index (χ2v) is 6.33. The maximum Gasteiger partial charge on any atom is 0.340 e. The normalized spacial score (nSPS) is 16.0. The van der Waals surface area contributed by atoms with E-state index < -0.39 is 11.9 Å². The first kappa shape index (κ1) is 19.4. The van der Waals surface area contributed by atoms with Gasteiger partial charge in [-0.25, -0.2) is 4.79 Å². The van der Waals surface area contributed by atoms with E-state index in [9.17, 15) is 14.4 Å². The van der Waals surface area contributed by atoms with E-state index in [4.69, 9.17) is 9.47 Å². The molecule has 0 saturated carbocycles. The van der Waals surface area contributed by atoms with Crippen LogP contribution in [-0.2, 0) is 14.3 Å². The smallest absolute Gasteiger partial charge is 0.340 e. The van der Waals surface area contributed by atoms with E-state index in [2.05, 4.69) is 5.32 Å². The number of esters is 1. The van der Waals surface area contributed by atoms with E-state index in [0.717, 1.165) is 0 Å². The highest BCUT2D eigenvalue weighted by Gasteiger charge is 2.37. The van der Waals surface area contributed by atoms with Crippen LogP contribution in [0.5, 0.6) is 5.75 Å². The maximum absolute atomic E-state index is 12.7. The summed E-state index contributed by atoms with van der Waals surface area (Å²) in [4.78, 5) is 38.9. The third-order valence-electron chi connectivity index (χ3n) is 4.55. The summed E-state index contributed by atoms with van der Waals surface area (Å²) in [6.45, 7) is 2.15. The first-order valence-corrected chi connectivity index (χ1v) is 9.05. The minimum Gasteiger partial charge on any atom is -0.495 e. The summed E-state index contributed by atoms with van der Waals surface area (Å²) in [6, 6.07) is 13.8. The Morgan fingerprint density at radius 3 is 2.61 bits per heavy atom. The highest BCUT2D eigenvalue weighted by atomic mass is 16.5. The number of amides is 2. The van der Waals surface area contributed by atoms with Gasteiger partial charge in [-0.2, -0.15) is 0 Å². The van der Waals surface area contributed by atoms with Gasteiger partial charge in [0.25, 0.3) is 0 Å². The van der Waals surface area contributed by atoms with Crippen molar-refractivity contribution in [3.8, 4) is 5.75 Å². The summed E-state index contributed by atoms with van der Waals surface area (Å²) in [5.74, 6) is -0.962. The van der Waals surface area contributed by atoms with Gasteiger partial charge in [-0.3, -0.25) is 9.59 Å². The van der Waals surface area contributed by atoms with Crippen LogP contribution in [0, 0.1) is 5.92 Å². The number of anilines is 2. The molecule has 7 nitrogen and oxygen atoms in total. The van der Waals surface area contributed by atoms with E-state index in [0.29, 0.717) is 22.7 Å². The molecule has 1 aliphatic rings. The molecule has 2 aromatic carbocycles. The van der Waals surface area contributed by atoms with Gasteiger partial charge in [0, 0.05) is 13.0 Å². The number of benzene rings is 2. The quantitative estimate of drug-likeness (QED) is 0.777. The van der Waals surface area contributed by atoms with Gasteiger partial charge in [0.1, 0.15) is 5.75 Å². The molecule has 2 amide bonds. The molecule has 2 aromatic rings. The topological polar surface area (TPSA) is 84.9 Å². The summed E-state index contributed by atoms with van der Waals surface area (Å²) in [6.07, 6.45) is 0.0676. The highest BCUT2D eigenvalue weighted by molar-refractivity contribution is 6.07.